The molecule has 1 aromatic rings. The number of hydrogen-bond acceptors (Lipinski definition) is 2. The number of alkyl halides is 3. The van der Waals surface area contributed by atoms with Crippen molar-refractivity contribution in [2.24, 2.45) is 5.92 Å². The number of amides is 1. The van der Waals surface area contributed by atoms with Crippen LogP contribution in [0.25, 0.3) is 0 Å². The number of hydrogen-bond donors (Lipinski definition) is 2. The highest BCUT2D eigenvalue weighted by Crippen LogP contribution is 2.32. The van der Waals surface area contributed by atoms with Gasteiger partial charge in [0.15, 0.2) is 0 Å². The molecule has 20 heavy (non-hydrogen) atoms. The molecule has 1 amide bonds. The Morgan fingerprint density at radius 2 is 1.95 bits per heavy atom. The van der Waals surface area contributed by atoms with Crippen molar-refractivity contribution in [1.29, 1.82) is 0 Å². The Kier molecular flexibility index (Phi) is 5.10. The summed E-state index contributed by atoms with van der Waals surface area (Å²) < 4.78 is 51.2. The van der Waals surface area contributed by atoms with Crippen LogP contribution < -0.4 is 5.32 Å². The van der Waals surface area contributed by atoms with Gasteiger partial charge in [-0.05, 0) is 18.1 Å². The molecule has 1 rings (SSSR count). The van der Waals surface area contributed by atoms with Gasteiger partial charge in [-0.3, -0.25) is 4.79 Å². The molecule has 3 nitrogen and oxygen atoms in total. The maximum absolute atomic E-state index is 13.7. The van der Waals surface area contributed by atoms with Gasteiger partial charge < -0.3 is 10.4 Å². The molecule has 0 fully saturated rings. The molecular weight excluding hydrogens is 278 g/mol. The van der Waals surface area contributed by atoms with Crippen molar-refractivity contribution in [3.05, 3.63) is 35.1 Å². The lowest BCUT2D eigenvalue weighted by atomic mass is 10.1. The molecule has 7 heteroatoms. The first kappa shape index (κ1) is 16.4. The number of nitrogens with one attached hydrogen (secondary N) is 1. The molecule has 0 saturated heterocycles. The zero-order valence-corrected chi connectivity index (χ0v) is 11.0. The summed E-state index contributed by atoms with van der Waals surface area (Å²) in [6.45, 7) is 3.26. The van der Waals surface area contributed by atoms with E-state index in [2.05, 4.69) is 5.32 Å². The molecule has 1 unspecified atom stereocenters. The first-order chi connectivity index (χ1) is 9.14. The van der Waals surface area contributed by atoms with Crippen molar-refractivity contribution in [2.75, 3.05) is 6.54 Å². The zero-order valence-electron chi connectivity index (χ0n) is 11.0. The number of rotatable bonds is 4. The van der Waals surface area contributed by atoms with Crippen molar-refractivity contribution in [2.45, 2.75) is 26.1 Å². The van der Waals surface area contributed by atoms with Crippen molar-refractivity contribution in [3.63, 3.8) is 0 Å². The Balaban J connectivity index is 2.90. The van der Waals surface area contributed by atoms with Crippen molar-refractivity contribution < 1.29 is 27.5 Å². The van der Waals surface area contributed by atoms with Crippen LogP contribution in [0.1, 0.15) is 29.8 Å². The van der Waals surface area contributed by atoms with Crippen molar-refractivity contribution in [1.82, 2.24) is 5.32 Å². The first-order valence-electron chi connectivity index (χ1n) is 5.96. The van der Waals surface area contributed by atoms with Crippen molar-refractivity contribution >= 4 is 5.91 Å². The van der Waals surface area contributed by atoms with Gasteiger partial charge in [0.2, 0.25) is 0 Å². The largest absolute Gasteiger partial charge is 0.419 e. The van der Waals surface area contributed by atoms with Crippen LogP contribution in [0.15, 0.2) is 18.2 Å². The summed E-state index contributed by atoms with van der Waals surface area (Å²) >= 11 is 0. The molecule has 0 aliphatic carbocycles. The lowest BCUT2D eigenvalue weighted by Crippen LogP contribution is -2.35. The van der Waals surface area contributed by atoms with E-state index < -0.39 is 35.1 Å². The van der Waals surface area contributed by atoms with Gasteiger partial charge in [0.05, 0.1) is 17.2 Å². The smallest absolute Gasteiger partial charge is 0.391 e. The molecule has 112 valence electrons. The fourth-order valence-corrected chi connectivity index (χ4v) is 1.45. The average Bonchev–Trinajstić information content (AvgIpc) is 2.34. The Labute approximate surface area is 113 Å². The van der Waals surface area contributed by atoms with E-state index >= 15 is 0 Å². The molecule has 0 bridgehead atoms. The summed E-state index contributed by atoms with van der Waals surface area (Å²) in [6.07, 6.45) is -5.72. The third-order valence-electron chi connectivity index (χ3n) is 2.79. The van der Waals surface area contributed by atoms with E-state index in [9.17, 15) is 27.5 Å². The van der Waals surface area contributed by atoms with E-state index in [4.69, 9.17) is 0 Å². The van der Waals surface area contributed by atoms with Gasteiger partial charge in [-0.15, -0.1) is 0 Å². The molecular formula is C13H15F4NO2. The summed E-state index contributed by atoms with van der Waals surface area (Å²) in [4.78, 5) is 11.6. The molecule has 0 aliphatic heterocycles. The van der Waals surface area contributed by atoms with E-state index in [1.54, 1.807) is 13.8 Å². The number of carbonyl (C=O) groups is 1. The fraction of sp³-hybridized carbons (Fsp3) is 0.462. The minimum absolute atomic E-state index is 0.137. The highest BCUT2D eigenvalue weighted by molar-refractivity contribution is 5.94. The van der Waals surface area contributed by atoms with Crippen LogP contribution in [0.2, 0.25) is 0 Å². The highest BCUT2D eigenvalue weighted by atomic mass is 19.4. The van der Waals surface area contributed by atoms with Gasteiger partial charge in [-0.25, -0.2) is 4.39 Å². The quantitative estimate of drug-likeness (QED) is 0.838. The first-order valence-corrected chi connectivity index (χ1v) is 5.96. The lowest BCUT2D eigenvalue weighted by molar-refractivity contribution is -0.140. The maximum atomic E-state index is 13.7. The Morgan fingerprint density at radius 1 is 1.35 bits per heavy atom. The van der Waals surface area contributed by atoms with E-state index in [0.29, 0.717) is 6.07 Å². The van der Waals surface area contributed by atoms with Crippen LogP contribution in [-0.2, 0) is 6.18 Å². The number of carbonyl (C=O) groups excluding carboxylic acids is 1. The van der Waals surface area contributed by atoms with Crippen LogP contribution in [0.3, 0.4) is 0 Å². The monoisotopic (exact) mass is 293 g/mol. The zero-order chi connectivity index (χ0) is 15.5. The van der Waals surface area contributed by atoms with E-state index in [0.717, 1.165) is 12.1 Å². The predicted molar refractivity (Wildman–Crippen MR) is 64.6 cm³/mol. The number of aliphatic hydroxyl groups is 1. The maximum Gasteiger partial charge on any atom is 0.419 e. The van der Waals surface area contributed by atoms with Crippen LogP contribution >= 0.6 is 0 Å². The SMILES string of the molecule is CC(C)C(O)CNC(=O)c1cccc(C(F)(F)F)c1F. The third kappa shape index (κ3) is 3.93. The summed E-state index contributed by atoms with van der Waals surface area (Å²) in [5.74, 6) is -2.74. The van der Waals surface area contributed by atoms with Crippen LogP contribution in [0.4, 0.5) is 17.6 Å². The standard InChI is InChI=1S/C13H15F4NO2/c1-7(2)10(19)6-18-12(20)8-4-3-5-9(11(8)14)13(15,16)17/h3-5,7,10,19H,6H2,1-2H3,(H,18,20). The minimum Gasteiger partial charge on any atom is -0.391 e. The van der Waals surface area contributed by atoms with Gasteiger partial charge in [-0.2, -0.15) is 13.2 Å². The average molecular weight is 293 g/mol. The Morgan fingerprint density at radius 3 is 2.45 bits per heavy atom. The molecule has 0 aliphatic rings. The molecule has 0 saturated carbocycles. The molecule has 0 spiro atoms. The molecule has 0 radical (unpaired) electrons. The summed E-state index contributed by atoms with van der Waals surface area (Å²) in [5.41, 5.74) is -2.19. The number of benzene rings is 1. The van der Waals surface area contributed by atoms with E-state index in [-0.39, 0.29) is 12.5 Å². The lowest BCUT2D eigenvalue weighted by Gasteiger charge is -2.16. The summed E-state index contributed by atoms with van der Waals surface area (Å²) in [6, 6.07) is 2.48. The third-order valence-corrected chi connectivity index (χ3v) is 2.79. The van der Waals surface area contributed by atoms with Gasteiger partial charge in [0, 0.05) is 6.54 Å². The highest BCUT2D eigenvalue weighted by Gasteiger charge is 2.35. The summed E-state index contributed by atoms with van der Waals surface area (Å²) in [5, 5.41) is 11.7. The van der Waals surface area contributed by atoms with Gasteiger partial charge in [0.1, 0.15) is 5.82 Å². The number of aliphatic hydroxyl groups excluding tert-OH is 1. The Hall–Kier alpha value is -1.63. The molecule has 0 aromatic heterocycles. The number of halogens is 4. The molecule has 0 heterocycles. The van der Waals surface area contributed by atoms with Crippen molar-refractivity contribution in [3.8, 4) is 0 Å². The normalized spacial score (nSPS) is 13.4. The second-order valence-electron chi connectivity index (χ2n) is 4.69. The predicted octanol–water partition coefficient (Wildman–Crippen LogP) is 2.59. The fourth-order valence-electron chi connectivity index (χ4n) is 1.45. The molecule has 1 atom stereocenters. The van der Waals surface area contributed by atoms with Crippen LogP contribution in [0, 0.1) is 11.7 Å². The Bertz CT molecular complexity index is 486. The van der Waals surface area contributed by atoms with Crippen LogP contribution in [0.5, 0.6) is 0 Å². The second-order valence-corrected chi connectivity index (χ2v) is 4.69. The summed E-state index contributed by atoms with van der Waals surface area (Å²) in [7, 11) is 0. The van der Waals surface area contributed by atoms with E-state index in [1.807, 2.05) is 0 Å². The molecule has 1 aromatic carbocycles. The molecule has 2 N–H and O–H groups in total. The minimum atomic E-state index is -4.86. The topological polar surface area (TPSA) is 49.3 Å². The van der Waals surface area contributed by atoms with Crippen LogP contribution in [-0.4, -0.2) is 23.7 Å². The second kappa shape index (κ2) is 6.21. The van der Waals surface area contributed by atoms with Gasteiger partial charge >= 0.3 is 6.18 Å². The van der Waals surface area contributed by atoms with Gasteiger partial charge in [-0.1, -0.05) is 19.9 Å². The van der Waals surface area contributed by atoms with Gasteiger partial charge in [0.25, 0.3) is 5.91 Å². The van der Waals surface area contributed by atoms with E-state index in [1.165, 1.54) is 0 Å².